The number of carbonyl (C=O) groups excluding carboxylic acids is 4. The molecule has 0 saturated heterocycles. The third-order valence-electron chi connectivity index (χ3n) is 16.2. The maximum absolute atomic E-state index is 13.0. The van der Waals surface area contributed by atoms with E-state index in [2.05, 4.69) is 48.5 Å². The Morgan fingerprint density at radius 2 is 0.580 bits per heavy atom. The van der Waals surface area contributed by atoms with Crippen molar-refractivity contribution >= 4 is 39.5 Å². The lowest BCUT2D eigenvalue weighted by atomic mass is 9.99. The van der Waals surface area contributed by atoms with Gasteiger partial charge in [0.25, 0.3) is 0 Å². The molecule has 0 amide bonds. The zero-order valence-corrected chi connectivity index (χ0v) is 59.0. The van der Waals surface area contributed by atoms with Crippen molar-refractivity contribution in [2.45, 2.75) is 362 Å². The number of unbranched alkanes of at least 4 members (excludes halogenated alkanes) is 34. The molecule has 0 fully saturated rings. The SMILES string of the molecule is CCCCCCCCCC(=O)OC[C@H](COP(=O)(O)OC[C@H](O)COP(=O)(O)OC[C@@H](COC(=O)CCCCCCCCCCC(C)CC)OC(=O)CCCCCCCCCCCCCCCCCC(C)C)OC(=O)CCCCCCCCCCC(C)C. The molecular weight excluding hydrogens is 1160 g/mol. The minimum absolute atomic E-state index is 0.104. The van der Waals surface area contributed by atoms with E-state index in [4.69, 9.17) is 37.0 Å². The van der Waals surface area contributed by atoms with Crippen LogP contribution in [0.3, 0.4) is 0 Å². The van der Waals surface area contributed by atoms with Crippen molar-refractivity contribution in [3.63, 3.8) is 0 Å². The van der Waals surface area contributed by atoms with Gasteiger partial charge in [-0.1, -0.05) is 292 Å². The van der Waals surface area contributed by atoms with Gasteiger partial charge in [-0.05, 0) is 43.4 Å². The Kier molecular flexibility index (Phi) is 58.7. The summed E-state index contributed by atoms with van der Waals surface area (Å²) in [6, 6.07) is 0. The number of esters is 4. The first-order valence-corrected chi connectivity index (χ1v) is 38.9. The highest BCUT2D eigenvalue weighted by molar-refractivity contribution is 7.47. The molecule has 88 heavy (non-hydrogen) atoms. The fraction of sp³-hybridized carbons (Fsp3) is 0.942. The maximum Gasteiger partial charge on any atom is 0.472 e. The molecule has 0 aliphatic heterocycles. The smallest absolute Gasteiger partial charge is 0.462 e. The normalized spacial score (nSPS) is 14.5. The number of rotatable bonds is 67. The summed E-state index contributed by atoms with van der Waals surface area (Å²) in [5.41, 5.74) is 0. The Labute approximate surface area is 537 Å². The third kappa shape index (κ3) is 61.6. The summed E-state index contributed by atoms with van der Waals surface area (Å²) >= 11 is 0. The second-order valence-corrected chi connectivity index (χ2v) is 29.0. The van der Waals surface area contributed by atoms with Crippen LogP contribution < -0.4 is 0 Å². The lowest BCUT2D eigenvalue weighted by Gasteiger charge is -2.21. The summed E-state index contributed by atoms with van der Waals surface area (Å²) in [6.45, 7) is 11.8. The summed E-state index contributed by atoms with van der Waals surface area (Å²) < 4.78 is 68.1. The van der Waals surface area contributed by atoms with Crippen LogP contribution in [0.4, 0.5) is 0 Å². The molecule has 3 unspecified atom stereocenters. The van der Waals surface area contributed by atoms with Crippen LogP contribution in [0.25, 0.3) is 0 Å². The van der Waals surface area contributed by atoms with Crippen LogP contribution in [-0.4, -0.2) is 96.7 Å². The standard InChI is InChI=1S/C69H134O17P2/c1-8-10-11-12-26-36-43-50-66(71)79-56-64(86-69(74)53-46-39-32-24-22-28-34-41-48-61(5)6)58-83-87(75,76)81-54-63(70)55-82-88(77,78)84-59-65(57-80-67(72)51-44-37-30-25-23-29-35-42-49-62(7)9-2)85-68(73)52-45-38-31-21-19-17-15-13-14-16-18-20-27-33-40-47-60(3)4/h60-65,70H,8-59H2,1-7H3,(H,75,76)(H,77,78)/t62?,63-,64+,65+/m0/s1. The summed E-state index contributed by atoms with van der Waals surface area (Å²) in [5, 5.41) is 10.6. The van der Waals surface area contributed by atoms with Crippen LogP contribution in [0, 0.1) is 17.8 Å². The Hall–Kier alpha value is -1.94. The summed E-state index contributed by atoms with van der Waals surface area (Å²) in [7, 11) is -9.89. The number of hydrogen-bond donors (Lipinski definition) is 3. The first-order chi connectivity index (χ1) is 42.3. The van der Waals surface area contributed by atoms with Crippen molar-refractivity contribution in [2.75, 3.05) is 39.6 Å². The molecule has 0 aromatic rings. The minimum Gasteiger partial charge on any atom is -0.462 e. The number of aliphatic hydroxyl groups excluding tert-OH is 1. The van der Waals surface area contributed by atoms with Gasteiger partial charge in [-0.3, -0.25) is 37.3 Å². The summed E-state index contributed by atoms with van der Waals surface area (Å²) in [5.74, 6) is 0.165. The van der Waals surface area contributed by atoms with Gasteiger partial charge in [0.15, 0.2) is 12.2 Å². The van der Waals surface area contributed by atoms with Crippen LogP contribution in [0.5, 0.6) is 0 Å². The van der Waals surface area contributed by atoms with Crippen molar-refractivity contribution in [1.82, 2.24) is 0 Å². The van der Waals surface area contributed by atoms with E-state index in [0.717, 1.165) is 120 Å². The van der Waals surface area contributed by atoms with Gasteiger partial charge in [-0.25, -0.2) is 9.13 Å². The Bertz CT molecular complexity index is 1730. The van der Waals surface area contributed by atoms with E-state index in [1.54, 1.807) is 0 Å². The van der Waals surface area contributed by atoms with Crippen LogP contribution in [0.1, 0.15) is 344 Å². The molecule has 0 radical (unpaired) electrons. The summed E-state index contributed by atoms with van der Waals surface area (Å²) in [6.07, 6.45) is 43.2. The lowest BCUT2D eigenvalue weighted by molar-refractivity contribution is -0.161. The molecule has 17 nitrogen and oxygen atoms in total. The van der Waals surface area contributed by atoms with E-state index in [0.29, 0.717) is 25.7 Å². The van der Waals surface area contributed by atoms with E-state index in [1.807, 2.05) is 0 Å². The van der Waals surface area contributed by atoms with Gasteiger partial charge in [-0.15, -0.1) is 0 Å². The predicted octanol–water partition coefficient (Wildman–Crippen LogP) is 19.5. The van der Waals surface area contributed by atoms with Gasteiger partial charge in [0.1, 0.15) is 19.3 Å². The molecule has 0 saturated carbocycles. The molecular formula is C69H134O17P2. The highest BCUT2D eigenvalue weighted by Crippen LogP contribution is 2.45. The number of aliphatic hydroxyl groups is 1. The number of ether oxygens (including phenoxy) is 4. The first-order valence-electron chi connectivity index (χ1n) is 35.9. The van der Waals surface area contributed by atoms with Crippen LogP contribution >= 0.6 is 15.6 Å². The second kappa shape index (κ2) is 60.0. The highest BCUT2D eigenvalue weighted by atomic mass is 31.2. The van der Waals surface area contributed by atoms with E-state index < -0.39 is 97.5 Å². The number of phosphoric acid groups is 2. The van der Waals surface area contributed by atoms with Gasteiger partial charge in [0.05, 0.1) is 26.4 Å². The van der Waals surface area contributed by atoms with E-state index in [1.165, 1.54) is 141 Å². The molecule has 6 atom stereocenters. The zero-order chi connectivity index (χ0) is 65.2. The zero-order valence-electron chi connectivity index (χ0n) is 57.2. The molecule has 3 N–H and O–H groups in total. The van der Waals surface area contributed by atoms with Crippen molar-refractivity contribution in [3.8, 4) is 0 Å². The molecule has 0 aliphatic carbocycles. The average molecular weight is 1300 g/mol. The number of phosphoric ester groups is 2. The largest absolute Gasteiger partial charge is 0.472 e. The van der Waals surface area contributed by atoms with E-state index in [-0.39, 0.29) is 25.7 Å². The molecule has 0 aromatic heterocycles. The van der Waals surface area contributed by atoms with Crippen LogP contribution in [0.2, 0.25) is 0 Å². The van der Waals surface area contributed by atoms with Crippen molar-refractivity contribution in [2.24, 2.45) is 17.8 Å². The monoisotopic (exact) mass is 1300 g/mol. The lowest BCUT2D eigenvalue weighted by Crippen LogP contribution is -2.30. The number of carbonyl (C=O) groups is 4. The van der Waals surface area contributed by atoms with E-state index >= 15 is 0 Å². The Balaban J connectivity index is 5.20. The first kappa shape index (κ1) is 86.1. The molecule has 0 rings (SSSR count). The molecule has 522 valence electrons. The fourth-order valence-electron chi connectivity index (χ4n) is 10.3. The molecule has 0 bridgehead atoms. The molecule has 0 aromatic carbocycles. The third-order valence-corrected chi connectivity index (χ3v) is 18.1. The predicted molar refractivity (Wildman–Crippen MR) is 354 cm³/mol. The van der Waals surface area contributed by atoms with Gasteiger partial charge in [-0.2, -0.15) is 0 Å². The quantitative estimate of drug-likeness (QED) is 0.0222. The van der Waals surface area contributed by atoms with Crippen molar-refractivity contribution < 1.29 is 80.2 Å². The molecule has 0 aliphatic rings. The van der Waals surface area contributed by atoms with Gasteiger partial charge >= 0.3 is 39.5 Å². The van der Waals surface area contributed by atoms with Crippen LogP contribution in [-0.2, 0) is 65.4 Å². The van der Waals surface area contributed by atoms with Crippen molar-refractivity contribution in [1.29, 1.82) is 0 Å². The number of hydrogen-bond acceptors (Lipinski definition) is 15. The van der Waals surface area contributed by atoms with Crippen LogP contribution in [0.15, 0.2) is 0 Å². The Morgan fingerprint density at radius 1 is 0.330 bits per heavy atom. The minimum atomic E-state index is -4.95. The Morgan fingerprint density at radius 3 is 0.864 bits per heavy atom. The molecule has 0 heterocycles. The molecule has 19 heteroatoms. The van der Waals surface area contributed by atoms with E-state index in [9.17, 15) is 43.2 Å². The highest BCUT2D eigenvalue weighted by Gasteiger charge is 2.30. The topological polar surface area (TPSA) is 237 Å². The average Bonchev–Trinajstić information content (AvgIpc) is 3.60. The van der Waals surface area contributed by atoms with Gasteiger partial charge < -0.3 is 33.8 Å². The van der Waals surface area contributed by atoms with Crippen molar-refractivity contribution in [3.05, 3.63) is 0 Å². The second-order valence-electron chi connectivity index (χ2n) is 26.1. The van der Waals surface area contributed by atoms with Gasteiger partial charge in [0.2, 0.25) is 0 Å². The fourth-order valence-corrected chi connectivity index (χ4v) is 11.9. The maximum atomic E-state index is 13.0. The summed E-state index contributed by atoms with van der Waals surface area (Å²) in [4.78, 5) is 72.3. The molecule has 0 spiro atoms. The van der Waals surface area contributed by atoms with Gasteiger partial charge in [0, 0.05) is 25.7 Å².